The van der Waals surface area contributed by atoms with Crippen LogP contribution in [0, 0.1) is 12.8 Å². The lowest BCUT2D eigenvalue weighted by molar-refractivity contribution is -0.138. The van der Waals surface area contributed by atoms with Gasteiger partial charge in [0.25, 0.3) is 0 Å². The highest BCUT2D eigenvalue weighted by Crippen LogP contribution is 2.23. The van der Waals surface area contributed by atoms with Crippen LogP contribution in [0.4, 0.5) is 0 Å². The van der Waals surface area contributed by atoms with Crippen LogP contribution in [0.1, 0.15) is 43.1 Å². The summed E-state index contributed by atoms with van der Waals surface area (Å²) in [6, 6.07) is 24.7. The Morgan fingerprint density at radius 3 is 2.06 bits per heavy atom. The highest BCUT2D eigenvalue weighted by atomic mass is 32.2. The lowest BCUT2D eigenvalue weighted by Gasteiger charge is -2.32. The van der Waals surface area contributed by atoms with E-state index in [-0.39, 0.29) is 10.8 Å². The van der Waals surface area contributed by atoms with Gasteiger partial charge >= 0.3 is 0 Å². The molecule has 0 fully saturated rings. The summed E-state index contributed by atoms with van der Waals surface area (Å²) >= 11 is 0. The van der Waals surface area contributed by atoms with Crippen LogP contribution in [-0.4, -0.2) is 43.5 Å². The van der Waals surface area contributed by atoms with Gasteiger partial charge < -0.3 is 10.0 Å². The Balaban J connectivity index is 1.75. The summed E-state index contributed by atoms with van der Waals surface area (Å²) in [6.07, 6.45) is -0.0558. The minimum absolute atomic E-state index is 0.148. The first-order valence-corrected chi connectivity index (χ1v) is 13.7. The number of benzene rings is 3. The van der Waals surface area contributed by atoms with Crippen molar-refractivity contribution in [2.24, 2.45) is 5.92 Å². The predicted molar refractivity (Wildman–Crippen MR) is 143 cm³/mol. The molecule has 2 N–H and O–H groups in total. The van der Waals surface area contributed by atoms with E-state index in [1.807, 2.05) is 74.5 Å². The molecule has 6 nitrogen and oxygen atoms in total. The van der Waals surface area contributed by atoms with E-state index >= 15 is 0 Å². The summed E-state index contributed by atoms with van der Waals surface area (Å²) in [4.78, 5) is 15.1. The van der Waals surface area contributed by atoms with Crippen molar-refractivity contribution in [3.05, 3.63) is 102 Å². The summed E-state index contributed by atoms with van der Waals surface area (Å²) in [7, 11) is -2.09. The van der Waals surface area contributed by atoms with Crippen molar-refractivity contribution in [2.45, 2.75) is 56.7 Å². The molecular formula is C29H36N2O4S. The van der Waals surface area contributed by atoms with E-state index in [4.69, 9.17) is 0 Å². The largest absolute Gasteiger partial charge is 0.386 e. The molecule has 192 valence electrons. The molecule has 7 heteroatoms. The number of nitrogens with zero attached hydrogens (tertiary/aromatic N) is 1. The highest BCUT2D eigenvalue weighted by Gasteiger charge is 2.30. The first-order valence-electron chi connectivity index (χ1n) is 12.2. The van der Waals surface area contributed by atoms with Gasteiger partial charge in [-0.3, -0.25) is 4.79 Å². The Morgan fingerprint density at radius 2 is 1.47 bits per heavy atom. The number of carbonyl (C=O) groups excluding carboxylic acids is 1. The Labute approximate surface area is 215 Å². The molecule has 0 radical (unpaired) electrons. The van der Waals surface area contributed by atoms with Crippen LogP contribution in [-0.2, 0) is 21.2 Å². The van der Waals surface area contributed by atoms with E-state index in [1.54, 1.807) is 43.1 Å². The van der Waals surface area contributed by atoms with Crippen LogP contribution in [0.25, 0.3) is 0 Å². The Bertz CT molecular complexity index is 1220. The molecule has 0 heterocycles. The molecule has 0 unspecified atom stereocenters. The minimum atomic E-state index is -3.77. The number of rotatable bonds is 11. The van der Waals surface area contributed by atoms with Gasteiger partial charge in [0.1, 0.15) is 0 Å². The number of hydrogen-bond donors (Lipinski definition) is 2. The molecule has 0 aliphatic heterocycles. The fraction of sp³-hybridized carbons (Fsp3) is 0.345. The second-order valence-electron chi connectivity index (χ2n) is 9.50. The molecule has 0 bridgehead atoms. The lowest BCUT2D eigenvalue weighted by Crippen LogP contribution is -2.44. The first-order chi connectivity index (χ1) is 17.1. The maximum absolute atomic E-state index is 13.3. The SMILES string of the molecule is Cc1ccc(S(=O)(=O)N[C@H](Cc2ccccc2)C[C@H](C)C(=O)N(C)[C@@H](C)[C@@H](O)c2ccccc2)cc1. The number of sulfonamides is 1. The quantitative estimate of drug-likeness (QED) is 0.400. The summed E-state index contributed by atoms with van der Waals surface area (Å²) in [5.74, 6) is -0.611. The minimum Gasteiger partial charge on any atom is -0.386 e. The van der Waals surface area contributed by atoms with Gasteiger partial charge in [-0.2, -0.15) is 0 Å². The Morgan fingerprint density at radius 1 is 0.917 bits per heavy atom. The molecule has 1 amide bonds. The topological polar surface area (TPSA) is 86.7 Å². The molecule has 3 aromatic carbocycles. The van der Waals surface area contributed by atoms with Gasteiger partial charge in [0.15, 0.2) is 0 Å². The van der Waals surface area contributed by atoms with Crippen molar-refractivity contribution < 1.29 is 18.3 Å². The number of aryl methyl sites for hydroxylation is 1. The summed E-state index contributed by atoms with van der Waals surface area (Å²) in [6.45, 7) is 5.52. The van der Waals surface area contributed by atoms with Crippen molar-refractivity contribution in [1.29, 1.82) is 0 Å². The third kappa shape index (κ3) is 7.26. The van der Waals surface area contributed by atoms with E-state index in [2.05, 4.69) is 4.72 Å². The van der Waals surface area contributed by atoms with Gasteiger partial charge in [-0.1, -0.05) is 85.3 Å². The summed E-state index contributed by atoms with van der Waals surface area (Å²) in [5.41, 5.74) is 2.70. The van der Waals surface area contributed by atoms with Gasteiger partial charge in [0.05, 0.1) is 17.0 Å². The number of aliphatic hydroxyl groups excluding tert-OH is 1. The fourth-order valence-electron chi connectivity index (χ4n) is 4.29. The normalized spacial score (nSPS) is 15.0. The monoisotopic (exact) mass is 508 g/mol. The average molecular weight is 509 g/mol. The van der Waals surface area contributed by atoms with Crippen LogP contribution in [0.2, 0.25) is 0 Å². The zero-order valence-corrected chi connectivity index (χ0v) is 22.2. The van der Waals surface area contributed by atoms with Crippen molar-refractivity contribution >= 4 is 15.9 Å². The van der Waals surface area contributed by atoms with Crippen LogP contribution < -0.4 is 4.72 Å². The highest BCUT2D eigenvalue weighted by molar-refractivity contribution is 7.89. The second-order valence-corrected chi connectivity index (χ2v) is 11.2. The van der Waals surface area contributed by atoms with Gasteiger partial charge in [0.2, 0.25) is 15.9 Å². The van der Waals surface area contributed by atoms with E-state index in [0.29, 0.717) is 12.8 Å². The standard InChI is InChI=1S/C29H36N2O4S/c1-21-15-17-27(18-16-21)36(34,35)30-26(20-24-11-7-5-8-12-24)19-22(2)29(33)31(4)23(3)28(32)25-13-9-6-10-14-25/h5-18,22-23,26,28,30,32H,19-20H2,1-4H3/t22-,23-,26-,28+/m0/s1. The molecule has 0 saturated heterocycles. The fourth-order valence-corrected chi connectivity index (χ4v) is 5.54. The molecule has 0 spiro atoms. The maximum Gasteiger partial charge on any atom is 0.240 e. The smallest absolute Gasteiger partial charge is 0.240 e. The molecule has 0 aliphatic rings. The molecule has 0 aliphatic carbocycles. The number of nitrogens with one attached hydrogen (secondary N) is 1. The molecule has 36 heavy (non-hydrogen) atoms. The molecule has 4 atom stereocenters. The average Bonchev–Trinajstić information content (AvgIpc) is 2.88. The van der Waals surface area contributed by atoms with Gasteiger partial charge in [-0.15, -0.1) is 0 Å². The number of carbonyl (C=O) groups is 1. The molecule has 3 rings (SSSR count). The second kappa shape index (κ2) is 12.3. The number of amides is 1. The van der Waals surface area contributed by atoms with Gasteiger partial charge in [0, 0.05) is 19.0 Å². The Kier molecular flexibility index (Phi) is 9.43. The van der Waals surface area contributed by atoms with Crippen LogP contribution in [0.5, 0.6) is 0 Å². The third-order valence-corrected chi connectivity index (χ3v) is 8.13. The van der Waals surface area contributed by atoms with Gasteiger partial charge in [-0.25, -0.2) is 13.1 Å². The molecule has 3 aromatic rings. The van der Waals surface area contributed by atoms with Crippen molar-refractivity contribution in [3.63, 3.8) is 0 Å². The molecule has 0 aromatic heterocycles. The van der Waals surface area contributed by atoms with E-state index in [9.17, 15) is 18.3 Å². The van der Waals surface area contributed by atoms with Crippen molar-refractivity contribution in [3.8, 4) is 0 Å². The predicted octanol–water partition coefficient (Wildman–Crippen LogP) is 4.49. The molecule has 0 saturated carbocycles. The Hall–Kier alpha value is -3.00. The van der Waals surface area contributed by atoms with E-state index in [1.165, 1.54) is 0 Å². The van der Waals surface area contributed by atoms with Crippen molar-refractivity contribution in [2.75, 3.05) is 7.05 Å². The summed E-state index contributed by atoms with van der Waals surface area (Å²) < 4.78 is 29.1. The number of aliphatic hydroxyl groups is 1. The zero-order valence-electron chi connectivity index (χ0n) is 21.3. The third-order valence-electron chi connectivity index (χ3n) is 6.59. The number of hydrogen-bond acceptors (Lipinski definition) is 4. The first kappa shape index (κ1) is 27.6. The van der Waals surface area contributed by atoms with E-state index < -0.39 is 34.1 Å². The van der Waals surface area contributed by atoms with Crippen LogP contribution in [0.3, 0.4) is 0 Å². The van der Waals surface area contributed by atoms with E-state index in [0.717, 1.165) is 16.7 Å². The maximum atomic E-state index is 13.3. The van der Waals surface area contributed by atoms with Crippen LogP contribution >= 0.6 is 0 Å². The van der Waals surface area contributed by atoms with Crippen molar-refractivity contribution in [1.82, 2.24) is 9.62 Å². The van der Waals surface area contributed by atoms with Crippen LogP contribution in [0.15, 0.2) is 89.8 Å². The van der Waals surface area contributed by atoms with Gasteiger partial charge in [-0.05, 0) is 49.9 Å². The molecular weight excluding hydrogens is 472 g/mol. The summed E-state index contributed by atoms with van der Waals surface area (Å²) in [5, 5.41) is 10.8. The number of likely N-dealkylation sites (N-methyl/N-ethyl adjacent to an activating group) is 1. The zero-order chi connectivity index (χ0) is 26.3. The lowest BCUT2D eigenvalue weighted by atomic mass is 9.95.